The number of halogens is 3. The Morgan fingerprint density at radius 2 is 1.57 bits per heavy atom. The third-order valence-corrected chi connectivity index (χ3v) is 5.10. The lowest BCUT2D eigenvalue weighted by atomic mass is 9.88. The van der Waals surface area contributed by atoms with Crippen LogP contribution in [0.3, 0.4) is 0 Å². The largest absolute Gasteiger partial charge is 0.465 e. The number of thiol groups is 1. The minimum atomic E-state index is -4.41. The Labute approximate surface area is 165 Å². The van der Waals surface area contributed by atoms with Crippen LogP contribution in [0.1, 0.15) is 27.0 Å². The Morgan fingerprint density at radius 3 is 2.04 bits per heavy atom. The molecule has 0 radical (unpaired) electrons. The molecule has 146 valence electrons. The second-order valence-corrected chi connectivity index (χ2v) is 7.00. The summed E-state index contributed by atoms with van der Waals surface area (Å²) < 4.78 is 44.3. The summed E-state index contributed by atoms with van der Waals surface area (Å²) in [6, 6.07) is 11.5. The number of hydrogen-bond donors (Lipinski definition) is 1. The van der Waals surface area contributed by atoms with Gasteiger partial charge in [-0.05, 0) is 35.4 Å². The minimum absolute atomic E-state index is 0.332. The summed E-state index contributed by atoms with van der Waals surface area (Å²) in [4.78, 5) is 15.7. The van der Waals surface area contributed by atoms with Crippen LogP contribution in [0.2, 0.25) is 0 Å². The van der Waals surface area contributed by atoms with Crippen LogP contribution >= 0.6 is 12.6 Å². The molecule has 4 nitrogen and oxygen atoms in total. The van der Waals surface area contributed by atoms with Gasteiger partial charge in [0, 0.05) is 18.9 Å². The van der Waals surface area contributed by atoms with Crippen LogP contribution in [0.4, 0.5) is 13.2 Å². The lowest BCUT2D eigenvalue weighted by Gasteiger charge is -2.31. The molecule has 0 aliphatic carbocycles. The number of aromatic nitrogens is 2. The number of nitrogens with zero attached hydrogens (tertiary/aromatic N) is 2. The van der Waals surface area contributed by atoms with E-state index in [2.05, 4.69) is 4.98 Å². The Bertz CT molecular complexity index is 939. The van der Waals surface area contributed by atoms with Crippen molar-refractivity contribution in [2.75, 3.05) is 7.11 Å². The minimum Gasteiger partial charge on any atom is -0.465 e. The van der Waals surface area contributed by atoms with Crippen LogP contribution in [0.5, 0.6) is 0 Å². The van der Waals surface area contributed by atoms with Crippen LogP contribution in [0, 0.1) is 0 Å². The first-order chi connectivity index (χ1) is 13.2. The van der Waals surface area contributed by atoms with Gasteiger partial charge in [0.2, 0.25) is 0 Å². The first-order valence-electron chi connectivity index (χ1n) is 8.29. The number of methoxy groups -OCH3 is 1. The van der Waals surface area contributed by atoms with Crippen molar-refractivity contribution in [2.45, 2.75) is 17.5 Å². The lowest BCUT2D eigenvalue weighted by molar-refractivity contribution is -0.137. The number of esters is 1. The number of ether oxygens (including phenoxy) is 1. The highest BCUT2D eigenvalue weighted by atomic mass is 32.1. The van der Waals surface area contributed by atoms with Crippen molar-refractivity contribution in [3.05, 3.63) is 89.5 Å². The van der Waals surface area contributed by atoms with E-state index in [1.807, 2.05) is 0 Å². The van der Waals surface area contributed by atoms with E-state index in [0.717, 1.165) is 17.7 Å². The quantitative estimate of drug-likeness (QED) is 0.499. The van der Waals surface area contributed by atoms with Gasteiger partial charge in [-0.25, -0.2) is 9.78 Å². The van der Waals surface area contributed by atoms with Crippen molar-refractivity contribution >= 4 is 18.6 Å². The molecule has 8 heteroatoms. The lowest BCUT2D eigenvalue weighted by Crippen LogP contribution is -2.27. The third kappa shape index (κ3) is 4.06. The molecule has 3 rings (SSSR count). The summed E-state index contributed by atoms with van der Waals surface area (Å²) in [5.74, 6) is -0.472. The molecule has 0 saturated carbocycles. The van der Waals surface area contributed by atoms with Crippen LogP contribution in [0.25, 0.3) is 0 Å². The Morgan fingerprint density at radius 1 is 1.04 bits per heavy atom. The van der Waals surface area contributed by atoms with Crippen molar-refractivity contribution in [1.29, 1.82) is 0 Å². The molecule has 0 amide bonds. The molecule has 0 aliphatic rings. The summed E-state index contributed by atoms with van der Waals surface area (Å²) in [7, 11) is 1.29. The molecule has 2 aromatic carbocycles. The summed E-state index contributed by atoms with van der Waals surface area (Å²) in [6.45, 7) is 0.332. The molecule has 3 aromatic rings. The molecule has 0 bridgehead atoms. The number of carbonyl (C=O) groups excluding carboxylic acids is 1. The van der Waals surface area contributed by atoms with Crippen LogP contribution in [-0.2, 0) is 22.2 Å². The second-order valence-electron chi connectivity index (χ2n) is 6.24. The van der Waals surface area contributed by atoms with Crippen molar-refractivity contribution in [3.8, 4) is 0 Å². The van der Waals surface area contributed by atoms with Crippen LogP contribution in [0.15, 0.2) is 67.3 Å². The molecule has 0 N–H and O–H groups in total. The molecule has 0 fully saturated rings. The van der Waals surface area contributed by atoms with Gasteiger partial charge in [0.25, 0.3) is 0 Å². The maximum absolute atomic E-state index is 12.9. The predicted molar refractivity (Wildman–Crippen MR) is 101 cm³/mol. The third-order valence-electron chi connectivity index (χ3n) is 4.44. The van der Waals surface area contributed by atoms with Gasteiger partial charge in [-0.1, -0.05) is 24.3 Å². The van der Waals surface area contributed by atoms with E-state index in [1.165, 1.54) is 19.2 Å². The molecule has 1 atom stereocenters. The zero-order chi connectivity index (χ0) is 20.4. The van der Waals surface area contributed by atoms with Crippen LogP contribution in [-0.4, -0.2) is 22.6 Å². The van der Waals surface area contributed by atoms with Gasteiger partial charge in [-0.15, -0.1) is 0 Å². The van der Waals surface area contributed by atoms with Crippen molar-refractivity contribution in [2.24, 2.45) is 0 Å². The van der Waals surface area contributed by atoms with E-state index < -0.39 is 22.5 Å². The highest BCUT2D eigenvalue weighted by molar-refractivity contribution is 7.81. The predicted octanol–water partition coefficient (Wildman–Crippen LogP) is 4.56. The zero-order valence-corrected chi connectivity index (χ0v) is 15.7. The molecule has 1 heterocycles. The Kier molecular flexibility index (Phi) is 5.51. The van der Waals surface area contributed by atoms with E-state index in [-0.39, 0.29) is 0 Å². The maximum Gasteiger partial charge on any atom is 0.416 e. The summed E-state index contributed by atoms with van der Waals surface area (Å²) in [5.41, 5.74) is 0.952. The summed E-state index contributed by atoms with van der Waals surface area (Å²) >= 11 is 4.85. The zero-order valence-electron chi connectivity index (χ0n) is 14.8. The highest BCUT2D eigenvalue weighted by Crippen LogP contribution is 2.39. The summed E-state index contributed by atoms with van der Waals surface area (Å²) in [6.07, 6.45) is 0.557. The number of benzene rings is 2. The van der Waals surface area contributed by atoms with E-state index in [0.29, 0.717) is 17.7 Å². The van der Waals surface area contributed by atoms with E-state index in [1.54, 1.807) is 47.6 Å². The topological polar surface area (TPSA) is 44.1 Å². The highest BCUT2D eigenvalue weighted by Gasteiger charge is 2.34. The van der Waals surface area contributed by atoms with E-state index in [4.69, 9.17) is 17.4 Å². The average Bonchev–Trinajstić information content (AvgIpc) is 3.19. The normalized spacial score (nSPS) is 13.8. The fourth-order valence-corrected chi connectivity index (χ4v) is 3.39. The molecule has 28 heavy (non-hydrogen) atoms. The first kappa shape index (κ1) is 20.0. The van der Waals surface area contributed by atoms with Gasteiger partial charge in [0.1, 0.15) is 0 Å². The first-order valence-corrected chi connectivity index (χ1v) is 8.73. The van der Waals surface area contributed by atoms with Gasteiger partial charge in [0.15, 0.2) is 0 Å². The van der Waals surface area contributed by atoms with Gasteiger partial charge >= 0.3 is 12.1 Å². The smallest absolute Gasteiger partial charge is 0.416 e. The summed E-state index contributed by atoms with van der Waals surface area (Å²) in [5, 5.41) is 0. The number of rotatable bonds is 5. The molecule has 0 saturated heterocycles. The van der Waals surface area contributed by atoms with E-state index >= 15 is 0 Å². The van der Waals surface area contributed by atoms with Crippen molar-refractivity contribution < 1.29 is 22.7 Å². The fourth-order valence-electron chi connectivity index (χ4n) is 2.93. The van der Waals surface area contributed by atoms with E-state index in [9.17, 15) is 18.0 Å². The molecule has 1 aromatic heterocycles. The SMILES string of the molecule is COC(=O)c1ccc(C(S)(Cn2ccnc2)c2ccc(C(F)(F)F)cc2)cc1. The molecule has 0 aliphatic heterocycles. The molecular formula is C20H17F3N2O2S. The van der Waals surface area contributed by atoms with Gasteiger partial charge in [-0.3, -0.25) is 0 Å². The van der Waals surface area contributed by atoms with Crippen molar-refractivity contribution in [3.63, 3.8) is 0 Å². The van der Waals surface area contributed by atoms with Gasteiger partial charge in [0.05, 0.1) is 29.3 Å². The molecule has 0 spiro atoms. The fraction of sp³-hybridized carbons (Fsp3) is 0.200. The molecular weight excluding hydrogens is 389 g/mol. The monoisotopic (exact) mass is 406 g/mol. The average molecular weight is 406 g/mol. The van der Waals surface area contributed by atoms with Crippen LogP contribution < -0.4 is 0 Å². The molecule has 1 unspecified atom stereocenters. The van der Waals surface area contributed by atoms with Gasteiger partial charge < -0.3 is 9.30 Å². The number of carbonyl (C=O) groups is 1. The number of alkyl halides is 3. The van der Waals surface area contributed by atoms with Crippen molar-refractivity contribution in [1.82, 2.24) is 9.55 Å². The second kappa shape index (κ2) is 7.71. The maximum atomic E-state index is 12.9. The Balaban J connectivity index is 2.04. The number of hydrogen-bond acceptors (Lipinski definition) is 4. The standard InChI is InChI=1S/C20H17F3N2O2S/c1-27-18(26)14-2-4-15(5-3-14)19(28,12-25-11-10-24-13-25)16-6-8-17(9-7-16)20(21,22)23/h2-11,13,28H,12H2,1H3. The Hall–Kier alpha value is -2.74. The van der Waals surface area contributed by atoms with Gasteiger partial charge in [-0.2, -0.15) is 25.8 Å². The number of imidazole rings is 1.